The molecular formula is C14H17NO5. The first-order valence-corrected chi connectivity index (χ1v) is 6.76. The number of cyclic esters (lactones) is 1. The number of benzene rings is 1. The van der Waals surface area contributed by atoms with Crippen molar-refractivity contribution in [2.24, 2.45) is 0 Å². The Bertz CT molecular complexity index is 504. The lowest BCUT2D eigenvalue weighted by Crippen LogP contribution is -2.25. The van der Waals surface area contributed by atoms with Gasteiger partial charge >= 0.3 is 6.09 Å². The summed E-state index contributed by atoms with van der Waals surface area (Å²) in [6.07, 6.45) is 0.781. The Morgan fingerprint density at radius 3 is 2.85 bits per heavy atom. The van der Waals surface area contributed by atoms with E-state index in [1.54, 1.807) is 17.0 Å². The number of amides is 1. The van der Waals surface area contributed by atoms with Gasteiger partial charge < -0.3 is 19.3 Å². The van der Waals surface area contributed by atoms with E-state index in [4.69, 9.17) is 19.3 Å². The number of fused-ring (bicyclic) bond motifs is 1. The largest absolute Gasteiger partial charge is 0.486 e. The Labute approximate surface area is 116 Å². The third-order valence-electron chi connectivity index (χ3n) is 3.40. The Kier molecular flexibility index (Phi) is 3.64. The lowest BCUT2D eigenvalue weighted by atomic mass is 10.2. The molecule has 1 saturated heterocycles. The molecule has 1 fully saturated rings. The fraction of sp³-hybridized carbons (Fsp3) is 0.500. The molecule has 3 rings (SSSR count). The molecule has 1 unspecified atom stereocenters. The zero-order chi connectivity index (χ0) is 13.9. The van der Waals surface area contributed by atoms with E-state index in [2.05, 4.69) is 0 Å². The number of anilines is 1. The monoisotopic (exact) mass is 279 g/mol. The van der Waals surface area contributed by atoms with Gasteiger partial charge in [-0.05, 0) is 25.0 Å². The van der Waals surface area contributed by atoms with Crippen LogP contribution < -0.4 is 14.4 Å². The van der Waals surface area contributed by atoms with Crippen molar-refractivity contribution in [2.75, 3.05) is 31.3 Å². The highest BCUT2D eigenvalue weighted by atomic mass is 16.6. The maximum atomic E-state index is 11.9. The lowest BCUT2D eigenvalue weighted by molar-refractivity contribution is 0.130. The van der Waals surface area contributed by atoms with Gasteiger partial charge in [0.1, 0.15) is 19.3 Å². The van der Waals surface area contributed by atoms with Gasteiger partial charge in [-0.25, -0.2) is 4.79 Å². The second kappa shape index (κ2) is 5.58. The van der Waals surface area contributed by atoms with Crippen LogP contribution in [0.1, 0.15) is 12.8 Å². The minimum Gasteiger partial charge on any atom is -0.486 e. The van der Waals surface area contributed by atoms with Crippen LogP contribution in [0.4, 0.5) is 10.5 Å². The number of hydrogen-bond donors (Lipinski definition) is 1. The number of carbonyl (C=O) groups is 1. The fourth-order valence-electron chi connectivity index (χ4n) is 2.40. The first-order chi connectivity index (χ1) is 9.78. The van der Waals surface area contributed by atoms with Gasteiger partial charge in [-0.3, -0.25) is 4.90 Å². The molecule has 20 heavy (non-hydrogen) atoms. The van der Waals surface area contributed by atoms with Crippen LogP contribution in [-0.4, -0.2) is 43.7 Å². The fourth-order valence-corrected chi connectivity index (χ4v) is 2.40. The highest BCUT2D eigenvalue weighted by Crippen LogP contribution is 2.35. The SMILES string of the molecule is O=C1OC(CCCO)CN1c1ccc2c(c1)OCCO2. The first kappa shape index (κ1) is 13.1. The molecule has 1 N–H and O–H groups in total. The van der Waals surface area contributed by atoms with E-state index in [1.807, 2.05) is 6.07 Å². The summed E-state index contributed by atoms with van der Waals surface area (Å²) in [7, 11) is 0. The minimum absolute atomic E-state index is 0.109. The van der Waals surface area contributed by atoms with Crippen LogP contribution in [0.3, 0.4) is 0 Å². The van der Waals surface area contributed by atoms with Gasteiger partial charge in [0.25, 0.3) is 0 Å². The normalized spacial score (nSPS) is 20.9. The van der Waals surface area contributed by atoms with Crippen LogP contribution in [0.25, 0.3) is 0 Å². The van der Waals surface area contributed by atoms with Gasteiger partial charge in [0, 0.05) is 12.7 Å². The van der Waals surface area contributed by atoms with E-state index >= 15 is 0 Å². The molecule has 0 saturated carbocycles. The third kappa shape index (κ3) is 2.51. The van der Waals surface area contributed by atoms with E-state index in [0.29, 0.717) is 44.1 Å². The Balaban J connectivity index is 1.74. The molecule has 1 amide bonds. The molecular weight excluding hydrogens is 262 g/mol. The van der Waals surface area contributed by atoms with Crippen molar-refractivity contribution < 1.29 is 24.1 Å². The van der Waals surface area contributed by atoms with Crippen molar-refractivity contribution in [2.45, 2.75) is 18.9 Å². The van der Waals surface area contributed by atoms with Gasteiger partial charge in [0.05, 0.1) is 12.2 Å². The summed E-state index contributed by atoms with van der Waals surface area (Å²) in [4.78, 5) is 13.5. The van der Waals surface area contributed by atoms with E-state index in [1.165, 1.54) is 0 Å². The average Bonchev–Trinajstić information content (AvgIpc) is 2.85. The highest BCUT2D eigenvalue weighted by molar-refractivity contribution is 5.90. The van der Waals surface area contributed by atoms with Gasteiger partial charge in [-0.2, -0.15) is 0 Å². The third-order valence-corrected chi connectivity index (χ3v) is 3.40. The van der Waals surface area contributed by atoms with Crippen LogP contribution in [0.2, 0.25) is 0 Å². The standard InChI is InChI=1S/C14H17NO5/c16-5-1-2-11-9-15(14(17)20-11)10-3-4-12-13(8-10)19-7-6-18-12/h3-4,8,11,16H,1-2,5-7,9H2. The lowest BCUT2D eigenvalue weighted by Gasteiger charge is -2.21. The van der Waals surface area contributed by atoms with Crippen LogP contribution in [0, 0.1) is 0 Å². The quantitative estimate of drug-likeness (QED) is 0.905. The summed E-state index contributed by atoms with van der Waals surface area (Å²) in [5.41, 5.74) is 0.741. The van der Waals surface area contributed by atoms with Gasteiger partial charge in [0.2, 0.25) is 0 Å². The second-order valence-corrected chi connectivity index (χ2v) is 4.81. The van der Waals surface area contributed by atoms with Crippen molar-refractivity contribution in [1.29, 1.82) is 0 Å². The van der Waals surface area contributed by atoms with E-state index in [0.717, 1.165) is 5.69 Å². The van der Waals surface area contributed by atoms with E-state index in [9.17, 15) is 4.79 Å². The Morgan fingerprint density at radius 2 is 2.05 bits per heavy atom. The maximum absolute atomic E-state index is 11.9. The zero-order valence-corrected chi connectivity index (χ0v) is 11.1. The summed E-state index contributed by atoms with van der Waals surface area (Å²) in [5.74, 6) is 1.35. The molecule has 0 radical (unpaired) electrons. The summed E-state index contributed by atoms with van der Waals surface area (Å²) >= 11 is 0. The van der Waals surface area contributed by atoms with Crippen molar-refractivity contribution in [3.8, 4) is 11.5 Å². The number of carbonyl (C=O) groups excluding carboxylic acids is 1. The predicted molar refractivity (Wildman–Crippen MR) is 71.4 cm³/mol. The van der Waals surface area contributed by atoms with Gasteiger partial charge in [-0.1, -0.05) is 0 Å². The molecule has 108 valence electrons. The summed E-state index contributed by atoms with van der Waals surface area (Å²) < 4.78 is 16.2. The van der Waals surface area contributed by atoms with Gasteiger partial charge in [0.15, 0.2) is 11.5 Å². The van der Waals surface area contributed by atoms with Crippen LogP contribution >= 0.6 is 0 Å². The summed E-state index contributed by atoms with van der Waals surface area (Å²) in [6.45, 7) is 1.66. The first-order valence-electron chi connectivity index (χ1n) is 6.76. The van der Waals surface area contributed by atoms with E-state index < -0.39 is 0 Å². The average molecular weight is 279 g/mol. The minimum atomic E-state index is -0.357. The molecule has 1 aromatic rings. The molecule has 2 aliphatic rings. The van der Waals surface area contributed by atoms with Crippen molar-refractivity contribution in [3.63, 3.8) is 0 Å². The molecule has 1 atom stereocenters. The van der Waals surface area contributed by atoms with Gasteiger partial charge in [-0.15, -0.1) is 0 Å². The molecule has 0 spiro atoms. The topological polar surface area (TPSA) is 68.2 Å². The molecule has 6 nitrogen and oxygen atoms in total. The number of ether oxygens (including phenoxy) is 3. The molecule has 0 aliphatic carbocycles. The predicted octanol–water partition coefficient (Wildman–Crippen LogP) is 1.56. The number of nitrogens with zero attached hydrogens (tertiary/aromatic N) is 1. The molecule has 1 aromatic carbocycles. The second-order valence-electron chi connectivity index (χ2n) is 4.81. The van der Waals surface area contributed by atoms with E-state index in [-0.39, 0.29) is 18.8 Å². The summed E-state index contributed by atoms with van der Waals surface area (Å²) in [5, 5.41) is 8.82. The maximum Gasteiger partial charge on any atom is 0.414 e. The van der Waals surface area contributed by atoms with Crippen LogP contribution in [-0.2, 0) is 4.74 Å². The zero-order valence-electron chi connectivity index (χ0n) is 11.1. The molecule has 6 heteroatoms. The number of aliphatic hydroxyl groups is 1. The van der Waals surface area contributed by atoms with Crippen molar-refractivity contribution in [1.82, 2.24) is 0 Å². The molecule has 0 aromatic heterocycles. The number of rotatable bonds is 4. The summed E-state index contributed by atoms with van der Waals surface area (Å²) in [6, 6.07) is 5.42. The Morgan fingerprint density at radius 1 is 1.25 bits per heavy atom. The molecule has 2 heterocycles. The molecule has 2 aliphatic heterocycles. The van der Waals surface area contributed by atoms with Crippen LogP contribution in [0.5, 0.6) is 11.5 Å². The number of hydrogen-bond acceptors (Lipinski definition) is 5. The Hall–Kier alpha value is -1.95. The van der Waals surface area contributed by atoms with Crippen molar-refractivity contribution >= 4 is 11.8 Å². The highest BCUT2D eigenvalue weighted by Gasteiger charge is 2.32. The van der Waals surface area contributed by atoms with Crippen molar-refractivity contribution in [3.05, 3.63) is 18.2 Å². The number of aliphatic hydroxyl groups excluding tert-OH is 1. The smallest absolute Gasteiger partial charge is 0.414 e. The van der Waals surface area contributed by atoms with Crippen LogP contribution in [0.15, 0.2) is 18.2 Å². The molecule has 0 bridgehead atoms.